The van der Waals surface area contributed by atoms with Crippen molar-refractivity contribution in [2.75, 3.05) is 6.54 Å². The van der Waals surface area contributed by atoms with E-state index in [-0.39, 0.29) is 11.6 Å². The zero-order chi connectivity index (χ0) is 13.4. The normalized spacial score (nSPS) is 12.4. The van der Waals surface area contributed by atoms with E-state index < -0.39 is 11.6 Å². The molecule has 0 spiro atoms. The van der Waals surface area contributed by atoms with Gasteiger partial charge in [0.25, 0.3) is 0 Å². The van der Waals surface area contributed by atoms with Gasteiger partial charge in [0.05, 0.1) is 0 Å². The molecular weight excluding hydrogens is 232 g/mol. The minimum atomic E-state index is -0.470. The predicted molar refractivity (Wildman–Crippen MR) is 71.4 cm³/mol. The van der Waals surface area contributed by atoms with Crippen molar-refractivity contribution >= 4 is 0 Å². The number of hydrogen-bond donors (Lipinski definition) is 1. The summed E-state index contributed by atoms with van der Waals surface area (Å²) in [6.45, 7) is 6.45. The first-order chi connectivity index (χ1) is 8.70. The average Bonchev–Trinajstić information content (AvgIpc) is 2.35. The van der Waals surface area contributed by atoms with Crippen LogP contribution < -0.4 is 5.32 Å². The number of rotatable bonds is 8. The van der Waals surface area contributed by atoms with Crippen LogP contribution in [-0.4, -0.2) is 6.54 Å². The van der Waals surface area contributed by atoms with Crippen molar-refractivity contribution in [3.63, 3.8) is 0 Å². The van der Waals surface area contributed by atoms with Crippen LogP contribution in [0.15, 0.2) is 30.9 Å². The fraction of sp³-hybridized carbons (Fsp3) is 0.467. The van der Waals surface area contributed by atoms with Crippen LogP contribution in [0.3, 0.4) is 0 Å². The van der Waals surface area contributed by atoms with Crippen LogP contribution in [0.2, 0.25) is 0 Å². The van der Waals surface area contributed by atoms with Gasteiger partial charge in [-0.25, -0.2) is 8.78 Å². The Bertz CT molecular complexity index is 357. The Kier molecular flexibility index (Phi) is 6.58. The summed E-state index contributed by atoms with van der Waals surface area (Å²) in [5, 5.41) is 3.21. The number of hydrogen-bond acceptors (Lipinski definition) is 1. The van der Waals surface area contributed by atoms with Gasteiger partial charge < -0.3 is 5.32 Å². The molecular formula is C15H21F2N. The molecule has 0 amide bonds. The first-order valence-corrected chi connectivity index (χ1v) is 6.48. The molecule has 100 valence electrons. The van der Waals surface area contributed by atoms with Gasteiger partial charge in [-0.1, -0.05) is 19.1 Å². The molecule has 1 atom stereocenters. The molecule has 0 aliphatic carbocycles. The standard InChI is InChI=1S/C15H21F2N/c1-3-5-6-10-14(18-11-4-2)15-12(16)8-7-9-13(15)17/h3,7-9,14,18H,1,4-6,10-11H2,2H3. The molecule has 18 heavy (non-hydrogen) atoms. The van der Waals surface area contributed by atoms with E-state index in [2.05, 4.69) is 11.9 Å². The molecule has 0 bridgehead atoms. The summed E-state index contributed by atoms with van der Waals surface area (Å²) in [7, 11) is 0. The molecule has 0 fully saturated rings. The van der Waals surface area contributed by atoms with E-state index in [9.17, 15) is 8.78 Å². The number of nitrogens with one attached hydrogen (secondary N) is 1. The molecule has 1 nitrogen and oxygen atoms in total. The first kappa shape index (κ1) is 14.8. The highest BCUT2D eigenvalue weighted by Crippen LogP contribution is 2.25. The second kappa shape index (κ2) is 7.98. The lowest BCUT2D eigenvalue weighted by Crippen LogP contribution is -2.24. The second-order valence-corrected chi connectivity index (χ2v) is 4.36. The maximum Gasteiger partial charge on any atom is 0.130 e. The highest BCUT2D eigenvalue weighted by Gasteiger charge is 2.18. The van der Waals surface area contributed by atoms with Gasteiger partial charge in [-0.15, -0.1) is 6.58 Å². The smallest absolute Gasteiger partial charge is 0.130 e. The van der Waals surface area contributed by atoms with Crippen molar-refractivity contribution in [3.05, 3.63) is 48.1 Å². The fourth-order valence-corrected chi connectivity index (χ4v) is 1.98. The Morgan fingerprint density at radius 1 is 1.33 bits per heavy atom. The van der Waals surface area contributed by atoms with E-state index in [0.29, 0.717) is 6.42 Å². The van der Waals surface area contributed by atoms with Crippen molar-refractivity contribution < 1.29 is 8.78 Å². The first-order valence-electron chi connectivity index (χ1n) is 6.48. The van der Waals surface area contributed by atoms with E-state index in [1.165, 1.54) is 18.2 Å². The van der Waals surface area contributed by atoms with E-state index in [4.69, 9.17) is 0 Å². The topological polar surface area (TPSA) is 12.0 Å². The predicted octanol–water partition coefficient (Wildman–Crippen LogP) is 4.36. The van der Waals surface area contributed by atoms with Gasteiger partial charge in [0, 0.05) is 11.6 Å². The lowest BCUT2D eigenvalue weighted by atomic mass is 9.99. The van der Waals surface area contributed by atoms with Crippen molar-refractivity contribution in [3.8, 4) is 0 Å². The van der Waals surface area contributed by atoms with E-state index >= 15 is 0 Å². The maximum absolute atomic E-state index is 13.7. The van der Waals surface area contributed by atoms with Crippen LogP contribution in [0.5, 0.6) is 0 Å². The van der Waals surface area contributed by atoms with Crippen LogP contribution in [0, 0.1) is 11.6 Å². The van der Waals surface area contributed by atoms with Crippen molar-refractivity contribution in [1.82, 2.24) is 5.32 Å². The Morgan fingerprint density at radius 3 is 2.56 bits per heavy atom. The third-order valence-corrected chi connectivity index (χ3v) is 2.89. The van der Waals surface area contributed by atoms with Gasteiger partial charge in [0.1, 0.15) is 11.6 Å². The molecule has 1 rings (SSSR count). The zero-order valence-electron chi connectivity index (χ0n) is 10.9. The van der Waals surface area contributed by atoms with E-state index in [0.717, 1.165) is 25.8 Å². The molecule has 0 saturated heterocycles. The molecule has 0 aliphatic heterocycles. The number of unbranched alkanes of at least 4 members (excludes halogenated alkanes) is 1. The Morgan fingerprint density at radius 2 is 2.00 bits per heavy atom. The second-order valence-electron chi connectivity index (χ2n) is 4.36. The highest BCUT2D eigenvalue weighted by atomic mass is 19.1. The summed E-state index contributed by atoms with van der Waals surface area (Å²) in [4.78, 5) is 0. The molecule has 1 N–H and O–H groups in total. The van der Waals surface area contributed by atoms with Crippen molar-refractivity contribution in [1.29, 1.82) is 0 Å². The minimum absolute atomic E-state index is 0.162. The molecule has 1 aromatic rings. The maximum atomic E-state index is 13.7. The quantitative estimate of drug-likeness (QED) is 0.536. The van der Waals surface area contributed by atoms with Crippen LogP contribution in [0.4, 0.5) is 8.78 Å². The van der Waals surface area contributed by atoms with Crippen LogP contribution in [-0.2, 0) is 0 Å². The lowest BCUT2D eigenvalue weighted by Gasteiger charge is -2.20. The molecule has 3 heteroatoms. The molecule has 0 heterocycles. The highest BCUT2D eigenvalue weighted by molar-refractivity contribution is 5.23. The monoisotopic (exact) mass is 253 g/mol. The van der Waals surface area contributed by atoms with Crippen LogP contribution >= 0.6 is 0 Å². The van der Waals surface area contributed by atoms with Crippen LogP contribution in [0.1, 0.15) is 44.2 Å². The van der Waals surface area contributed by atoms with Gasteiger partial charge in [0.15, 0.2) is 0 Å². The summed E-state index contributed by atoms with van der Waals surface area (Å²) in [6.07, 6.45) is 5.21. The van der Waals surface area contributed by atoms with Gasteiger partial charge in [-0.3, -0.25) is 0 Å². The largest absolute Gasteiger partial charge is 0.310 e. The SMILES string of the molecule is C=CCCCC(NCCC)c1c(F)cccc1F. The summed E-state index contributed by atoms with van der Waals surface area (Å²) in [5.74, 6) is -0.940. The molecule has 1 aromatic carbocycles. The summed E-state index contributed by atoms with van der Waals surface area (Å²) in [6, 6.07) is 3.76. The van der Waals surface area contributed by atoms with Gasteiger partial charge in [-0.05, 0) is 44.4 Å². The summed E-state index contributed by atoms with van der Waals surface area (Å²) in [5.41, 5.74) is 0.162. The Hall–Kier alpha value is -1.22. The fourth-order valence-electron chi connectivity index (χ4n) is 1.98. The number of allylic oxidation sites excluding steroid dienone is 1. The van der Waals surface area contributed by atoms with Crippen molar-refractivity contribution in [2.45, 2.75) is 38.6 Å². The van der Waals surface area contributed by atoms with E-state index in [1.54, 1.807) is 0 Å². The molecule has 1 unspecified atom stereocenters. The van der Waals surface area contributed by atoms with Gasteiger partial charge in [-0.2, -0.15) is 0 Å². The van der Waals surface area contributed by atoms with E-state index in [1.807, 2.05) is 13.0 Å². The Balaban J connectivity index is 2.82. The number of halogens is 2. The zero-order valence-corrected chi connectivity index (χ0v) is 10.9. The molecule has 0 saturated carbocycles. The summed E-state index contributed by atoms with van der Waals surface area (Å²) < 4.78 is 27.5. The third-order valence-electron chi connectivity index (χ3n) is 2.89. The third kappa shape index (κ3) is 4.22. The van der Waals surface area contributed by atoms with Gasteiger partial charge >= 0.3 is 0 Å². The Labute approximate surface area is 108 Å². The lowest BCUT2D eigenvalue weighted by molar-refractivity contribution is 0.438. The van der Waals surface area contributed by atoms with Crippen LogP contribution in [0.25, 0.3) is 0 Å². The average molecular weight is 253 g/mol. The molecule has 0 aromatic heterocycles. The molecule has 0 aliphatic rings. The molecule has 0 radical (unpaired) electrons. The number of benzene rings is 1. The minimum Gasteiger partial charge on any atom is -0.310 e. The van der Waals surface area contributed by atoms with Gasteiger partial charge in [0.2, 0.25) is 0 Å². The van der Waals surface area contributed by atoms with Crippen molar-refractivity contribution in [2.24, 2.45) is 0 Å². The summed E-state index contributed by atoms with van der Waals surface area (Å²) >= 11 is 0.